The molecule has 0 bridgehead atoms. The van der Waals surface area contributed by atoms with Crippen LogP contribution in [0.2, 0.25) is 0 Å². The zero-order valence-electron chi connectivity index (χ0n) is 18.8. The Morgan fingerprint density at radius 3 is 2.38 bits per heavy atom. The van der Waals surface area contributed by atoms with Crippen molar-refractivity contribution in [3.8, 4) is 0 Å². The second-order valence-corrected chi connectivity index (χ2v) is 9.45. The second kappa shape index (κ2) is 10.9. The molecule has 0 aliphatic heterocycles. The van der Waals surface area contributed by atoms with Gasteiger partial charge in [-0.3, -0.25) is 0 Å². The minimum Gasteiger partial charge on any atom is -0.399 e. The summed E-state index contributed by atoms with van der Waals surface area (Å²) in [6, 6.07) is 17.8. The fourth-order valence-corrected chi connectivity index (χ4v) is 5.67. The topological polar surface area (TPSA) is 26.0 Å². The molecule has 1 aliphatic rings. The Morgan fingerprint density at radius 2 is 1.62 bits per heavy atom. The third-order valence-corrected chi connectivity index (χ3v) is 7.28. The molecular weight excluding hydrogens is 350 g/mol. The van der Waals surface area contributed by atoms with Gasteiger partial charge in [0.1, 0.15) is 0 Å². The number of benzene rings is 2. The lowest BCUT2D eigenvalue weighted by atomic mass is 9.58. The molecule has 1 heteroatoms. The summed E-state index contributed by atoms with van der Waals surface area (Å²) in [5.41, 5.74) is 11.8. The van der Waals surface area contributed by atoms with Crippen molar-refractivity contribution in [3.63, 3.8) is 0 Å². The van der Waals surface area contributed by atoms with Gasteiger partial charge in [-0.15, -0.1) is 0 Å². The van der Waals surface area contributed by atoms with E-state index in [1.54, 1.807) is 5.56 Å². The molecule has 2 N–H and O–H groups in total. The molecule has 0 radical (unpaired) electrons. The van der Waals surface area contributed by atoms with Crippen LogP contribution in [0.1, 0.15) is 100 Å². The largest absolute Gasteiger partial charge is 0.399 e. The number of unbranched alkanes of at least 4 members (excludes halogenated alkanes) is 5. The van der Waals surface area contributed by atoms with Gasteiger partial charge in [-0.1, -0.05) is 94.7 Å². The Morgan fingerprint density at radius 1 is 0.897 bits per heavy atom. The van der Waals surface area contributed by atoms with E-state index in [0.29, 0.717) is 11.3 Å². The van der Waals surface area contributed by atoms with E-state index in [2.05, 4.69) is 62.4 Å². The van der Waals surface area contributed by atoms with E-state index < -0.39 is 0 Å². The number of aryl methyl sites for hydroxylation is 1. The van der Waals surface area contributed by atoms with Crippen molar-refractivity contribution in [1.82, 2.24) is 0 Å². The van der Waals surface area contributed by atoms with E-state index in [1.165, 1.54) is 88.2 Å². The standard InChI is InChI=1S/C28H41N/c1-3-4-5-6-7-11-20-28(22-24-16-18-25(29)19-17-24)21-12-10-15-27(28)26-14-9-8-13-23(26)2/h8-9,13-14,16-19,27H,3-7,10-12,15,20-22,29H2,1-2H3. The number of hydrogen-bond donors (Lipinski definition) is 1. The maximum atomic E-state index is 5.97. The first-order valence-electron chi connectivity index (χ1n) is 12.0. The molecule has 1 saturated carbocycles. The molecule has 2 atom stereocenters. The smallest absolute Gasteiger partial charge is 0.0314 e. The highest BCUT2D eigenvalue weighted by molar-refractivity contribution is 5.40. The van der Waals surface area contributed by atoms with Crippen LogP contribution >= 0.6 is 0 Å². The maximum Gasteiger partial charge on any atom is 0.0314 e. The van der Waals surface area contributed by atoms with Crippen LogP contribution in [0.4, 0.5) is 5.69 Å². The van der Waals surface area contributed by atoms with Crippen LogP contribution in [0.5, 0.6) is 0 Å². The highest BCUT2D eigenvalue weighted by Gasteiger charge is 2.41. The lowest BCUT2D eigenvalue weighted by Gasteiger charge is -2.46. The highest BCUT2D eigenvalue weighted by atomic mass is 14.5. The summed E-state index contributed by atoms with van der Waals surface area (Å²) in [4.78, 5) is 0. The molecule has 3 rings (SSSR count). The van der Waals surface area contributed by atoms with Gasteiger partial charge in [0, 0.05) is 5.69 Å². The number of nitrogen functional groups attached to an aromatic ring is 1. The molecule has 0 amide bonds. The van der Waals surface area contributed by atoms with Crippen molar-refractivity contribution >= 4 is 5.69 Å². The Hall–Kier alpha value is -1.76. The fraction of sp³-hybridized carbons (Fsp3) is 0.571. The average molecular weight is 392 g/mol. The Balaban J connectivity index is 1.83. The third kappa shape index (κ3) is 5.87. The average Bonchev–Trinajstić information content (AvgIpc) is 2.73. The summed E-state index contributed by atoms with van der Waals surface area (Å²) in [5.74, 6) is 0.686. The molecule has 1 fully saturated rings. The minimum atomic E-state index is 0.394. The van der Waals surface area contributed by atoms with E-state index in [0.717, 1.165) is 5.69 Å². The van der Waals surface area contributed by atoms with Gasteiger partial charge < -0.3 is 5.73 Å². The molecule has 2 aromatic carbocycles. The Bertz CT molecular complexity index is 732. The number of anilines is 1. The molecular formula is C28H41N. The first kappa shape index (κ1) is 21.9. The predicted octanol–water partition coefficient (Wildman–Crippen LogP) is 8.21. The normalized spacial score (nSPS) is 21.9. The molecule has 158 valence electrons. The van der Waals surface area contributed by atoms with Crippen LogP contribution in [-0.2, 0) is 6.42 Å². The zero-order valence-corrected chi connectivity index (χ0v) is 18.8. The molecule has 1 aliphatic carbocycles. The van der Waals surface area contributed by atoms with Gasteiger partial charge in [-0.25, -0.2) is 0 Å². The van der Waals surface area contributed by atoms with Gasteiger partial charge in [0.05, 0.1) is 0 Å². The van der Waals surface area contributed by atoms with E-state index >= 15 is 0 Å². The zero-order chi connectivity index (χ0) is 20.5. The number of hydrogen-bond acceptors (Lipinski definition) is 1. The molecule has 1 nitrogen and oxygen atoms in total. The quantitative estimate of drug-likeness (QED) is 0.320. The SMILES string of the molecule is CCCCCCCCC1(Cc2ccc(N)cc2)CCCCC1c1ccccc1C. The molecule has 29 heavy (non-hydrogen) atoms. The summed E-state index contributed by atoms with van der Waals surface area (Å²) in [7, 11) is 0. The highest BCUT2D eigenvalue weighted by Crippen LogP contribution is 2.53. The van der Waals surface area contributed by atoms with Crippen molar-refractivity contribution in [1.29, 1.82) is 0 Å². The first-order chi connectivity index (χ1) is 14.1. The lowest BCUT2D eigenvalue weighted by molar-refractivity contribution is 0.129. The Labute approximate surface area is 179 Å². The van der Waals surface area contributed by atoms with Gasteiger partial charge in [0.15, 0.2) is 0 Å². The van der Waals surface area contributed by atoms with Gasteiger partial charge in [-0.2, -0.15) is 0 Å². The van der Waals surface area contributed by atoms with E-state index in [1.807, 2.05) is 0 Å². The lowest BCUT2D eigenvalue weighted by Crippen LogP contribution is -2.35. The van der Waals surface area contributed by atoms with Crippen LogP contribution in [0.15, 0.2) is 48.5 Å². The molecule has 0 aromatic heterocycles. The van der Waals surface area contributed by atoms with Gasteiger partial charge in [0.25, 0.3) is 0 Å². The molecule has 2 aromatic rings. The van der Waals surface area contributed by atoms with E-state index in [-0.39, 0.29) is 0 Å². The van der Waals surface area contributed by atoms with Gasteiger partial charge >= 0.3 is 0 Å². The van der Waals surface area contributed by atoms with E-state index in [4.69, 9.17) is 5.73 Å². The van der Waals surface area contributed by atoms with Crippen molar-refractivity contribution < 1.29 is 0 Å². The molecule has 0 saturated heterocycles. The molecule has 0 spiro atoms. The number of nitrogens with two attached hydrogens (primary N) is 1. The molecule has 0 heterocycles. The molecule has 2 unspecified atom stereocenters. The second-order valence-electron chi connectivity index (χ2n) is 9.45. The van der Waals surface area contributed by atoms with Crippen LogP contribution in [0.3, 0.4) is 0 Å². The monoisotopic (exact) mass is 391 g/mol. The van der Waals surface area contributed by atoms with Gasteiger partial charge in [0.2, 0.25) is 0 Å². The summed E-state index contributed by atoms with van der Waals surface area (Å²) in [5, 5.41) is 0. The summed E-state index contributed by atoms with van der Waals surface area (Å²) < 4.78 is 0. The van der Waals surface area contributed by atoms with Crippen LogP contribution < -0.4 is 5.73 Å². The minimum absolute atomic E-state index is 0.394. The summed E-state index contributed by atoms with van der Waals surface area (Å²) in [6.45, 7) is 4.61. The van der Waals surface area contributed by atoms with Crippen molar-refractivity contribution in [2.45, 2.75) is 96.8 Å². The van der Waals surface area contributed by atoms with Crippen molar-refractivity contribution in [2.24, 2.45) is 5.41 Å². The Kier molecular flexibility index (Phi) is 8.21. The first-order valence-corrected chi connectivity index (χ1v) is 12.0. The van der Waals surface area contributed by atoms with Crippen molar-refractivity contribution in [3.05, 3.63) is 65.2 Å². The van der Waals surface area contributed by atoms with E-state index in [9.17, 15) is 0 Å². The van der Waals surface area contributed by atoms with Crippen molar-refractivity contribution in [2.75, 3.05) is 5.73 Å². The van der Waals surface area contributed by atoms with Crippen LogP contribution in [0, 0.1) is 12.3 Å². The van der Waals surface area contributed by atoms with Crippen LogP contribution in [-0.4, -0.2) is 0 Å². The summed E-state index contributed by atoms with van der Waals surface area (Å²) >= 11 is 0. The fourth-order valence-electron chi connectivity index (χ4n) is 5.67. The van der Waals surface area contributed by atoms with Crippen LogP contribution in [0.25, 0.3) is 0 Å². The van der Waals surface area contributed by atoms with Gasteiger partial charge in [-0.05, 0) is 72.8 Å². The predicted molar refractivity (Wildman–Crippen MR) is 127 cm³/mol. The number of rotatable bonds is 10. The third-order valence-electron chi connectivity index (χ3n) is 7.28. The summed E-state index contributed by atoms with van der Waals surface area (Å²) in [6.07, 6.45) is 16.3. The maximum absolute atomic E-state index is 5.97.